The van der Waals surface area contributed by atoms with Crippen molar-refractivity contribution in [1.82, 2.24) is 4.90 Å². The standard InChI is InChI=1S/C15H23N3O/c1-19-14-4-2-13(3-5-14)17-15(11-16)7-9-18-8-6-12(15)10-18/h2-5,12,17H,6-11,16H2,1H3. The first kappa shape index (κ1) is 12.8. The van der Waals surface area contributed by atoms with E-state index in [1.165, 1.54) is 19.5 Å². The zero-order valence-corrected chi connectivity index (χ0v) is 11.6. The Morgan fingerprint density at radius 1 is 1.37 bits per heavy atom. The van der Waals surface area contributed by atoms with Gasteiger partial charge < -0.3 is 20.7 Å². The van der Waals surface area contributed by atoms with E-state index in [9.17, 15) is 0 Å². The summed E-state index contributed by atoms with van der Waals surface area (Å²) in [5.74, 6) is 1.57. The van der Waals surface area contributed by atoms with Crippen LogP contribution in [-0.4, -0.2) is 43.7 Å². The molecule has 2 saturated heterocycles. The molecule has 3 atom stereocenters. The predicted molar refractivity (Wildman–Crippen MR) is 77.6 cm³/mol. The lowest BCUT2D eigenvalue weighted by Gasteiger charge is -2.43. The number of nitrogens with zero attached hydrogens (tertiary/aromatic N) is 1. The van der Waals surface area contributed by atoms with Crippen molar-refractivity contribution in [2.75, 3.05) is 38.6 Å². The summed E-state index contributed by atoms with van der Waals surface area (Å²) in [5.41, 5.74) is 7.34. The first-order valence-corrected chi connectivity index (χ1v) is 7.10. The molecule has 4 nitrogen and oxygen atoms in total. The predicted octanol–water partition coefficient (Wildman–Crippen LogP) is 1.53. The van der Waals surface area contributed by atoms with E-state index < -0.39 is 0 Å². The maximum absolute atomic E-state index is 6.12. The smallest absolute Gasteiger partial charge is 0.119 e. The van der Waals surface area contributed by atoms with Gasteiger partial charge in [0.1, 0.15) is 5.75 Å². The number of anilines is 1. The second-order valence-corrected chi connectivity index (χ2v) is 5.75. The minimum Gasteiger partial charge on any atom is -0.497 e. The Bertz CT molecular complexity index is 434. The number of nitrogens with two attached hydrogens (primary N) is 1. The van der Waals surface area contributed by atoms with Crippen LogP contribution in [0.3, 0.4) is 0 Å². The van der Waals surface area contributed by atoms with Gasteiger partial charge in [-0.25, -0.2) is 0 Å². The summed E-state index contributed by atoms with van der Waals surface area (Å²) in [7, 11) is 1.69. The van der Waals surface area contributed by atoms with Crippen LogP contribution in [0.4, 0.5) is 5.69 Å². The fraction of sp³-hybridized carbons (Fsp3) is 0.600. The van der Waals surface area contributed by atoms with Crippen molar-refractivity contribution in [3.05, 3.63) is 24.3 Å². The fourth-order valence-corrected chi connectivity index (χ4v) is 3.49. The molecule has 0 spiro atoms. The lowest BCUT2D eigenvalue weighted by molar-refractivity contribution is 0.190. The first-order chi connectivity index (χ1) is 9.25. The molecule has 3 rings (SSSR count). The topological polar surface area (TPSA) is 50.5 Å². The summed E-state index contributed by atoms with van der Waals surface area (Å²) < 4.78 is 5.20. The van der Waals surface area contributed by atoms with E-state index in [2.05, 4.69) is 22.3 Å². The molecule has 0 radical (unpaired) electrons. The third kappa shape index (κ3) is 2.30. The van der Waals surface area contributed by atoms with Gasteiger partial charge in [0.25, 0.3) is 0 Å². The molecule has 0 aliphatic carbocycles. The summed E-state index contributed by atoms with van der Waals surface area (Å²) in [6.07, 6.45) is 2.40. The lowest BCUT2D eigenvalue weighted by Crippen LogP contribution is -2.56. The number of ether oxygens (including phenoxy) is 1. The minimum absolute atomic E-state index is 0.0710. The average Bonchev–Trinajstić information content (AvgIpc) is 2.88. The number of fused-ring (bicyclic) bond motifs is 2. The molecule has 19 heavy (non-hydrogen) atoms. The molecule has 2 aliphatic rings. The van der Waals surface area contributed by atoms with Crippen molar-refractivity contribution in [3.63, 3.8) is 0 Å². The highest BCUT2D eigenvalue weighted by molar-refractivity contribution is 5.49. The zero-order valence-electron chi connectivity index (χ0n) is 11.6. The average molecular weight is 261 g/mol. The number of hydrogen-bond donors (Lipinski definition) is 2. The lowest BCUT2D eigenvalue weighted by atomic mass is 9.78. The Labute approximate surface area is 114 Å². The Hall–Kier alpha value is -1.26. The van der Waals surface area contributed by atoms with Gasteiger partial charge in [-0.1, -0.05) is 0 Å². The van der Waals surface area contributed by atoms with Gasteiger partial charge in [0.15, 0.2) is 0 Å². The molecule has 1 aromatic carbocycles. The number of methoxy groups -OCH3 is 1. The van der Waals surface area contributed by atoms with Crippen LogP contribution < -0.4 is 15.8 Å². The molecule has 2 fully saturated rings. The highest BCUT2D eigenvalue weighted by Crippen LogP contribution is 2.37. The van der Waals surface area contributed by atoms with Crippen molar-refractivity contribution >= 4 is 5.69 Å². The molecule has 104 valence electrons. The van der Waals surface area contributed by atoms with E-state index in [0.717, 1.165) is 24.4 Å². The van der Waals surface area contributed by atoms with Crippen LogP contribution in [0.25, 0.3) is 0 Å². The van der Waals surface area contributed by atoms with Crippen LogP contribution in [0.5, 0.6) is 5.75 Å². The van der Waals surface area contributed by atoms with Gasteiger partial charge in [-0.15, -0.1) is 0 Å². The first-order valence-electron chi connectivity index (χ1n) is 7.10. The highest BCUT2D eigenvalue weighted by atomic mass is 16.5. The molecular formula is C15H23N3O. The molecule has 3 N–H and O–H groups in total. The second-order valence-electron chi connectivity index (χ2n) is 5.75. The van der Waals surface area contributed by atoms with E-state index in [0.29, 0.717) is 12.5 Å². The minimum atomic E-state index is 0.0710. The van der Waals surface area contributed by atoms with Gasteiger partial charge in [0, 0.05) is 25.3 Å². The van der Waals surface area contributed by atoms with Crippen molar-refractivity contribution < 1.29 is 4.74 Å². The normalized spacial score (nSPS) is 33.2. The third-order valence-corrected chi connectivity index (χ3v) is 4.78. The quantitative estimate of drug-likeness (QED) is 0.863. The van der Waals surface area contributed by atoms with Gasteiger partial charge in [0.05, 0.1) is 12.6 Å². The molecule has 2 bridgehead atoms. The van der Waals surface area contributed by atoms with E-state index in [-0.39, 0.29) is 5.54 Å². The number of hydrogen-bond acceptors (Lipinski definition) is 4. The summed E-state index contributed by atoms with van der Waals surface area (Å²) >= 11 is 0. The summed E-state index contributed by atoms with van der Waals surface area (Å²) in [5, 5.41) is 3.72. The third-order valence-electron chi connectivity index (χ3n) is 4.78. The molecule has 2 aliphatic heterocycles. The Kier molecular flexibility index (Phi) is 3.37. The van der Waals surface area contributed by atoms with Gasteiger partial charge in [0.2, 0.25) is 0 Å². The number of benzene rings is 1. The van der Waals surface area contributed by atoms with Crippen molar-refractivity contribution in [1.29, 1.82) is 0 Å². The van der Waals surface area contributed by atoms with Gasteiger partial charge in [-0.05, 0) is 49.6 Å². The summed E-state index contributed by atoms with van der Waals surface area (Å²) in [6.45, 7) is 4.30. The molecule has 3 unspecified atom stereocenters. The number of nitrogens with one attached hydrogen (secondary N) is 1. The van der Waals surface area contributed by atoms with E-state index in [1.54, 1.807) is 7.11 Å². The van der Waals surface area contributed by atoms with Crippen LogP contribution in [0.2, 0.25) is 0 Å². The molecule has 1 aromatic rings. The van der Waals surface area contributed by atoms with E-state index in [4.69, 9.17) is 10.5 Å². The maximum atomic E-state index is 6.12. The van der Waals surface area contributed by atoms with Crippen molar-refractivity contribution in [2.24, 2.45) is 11.7 Å². The highest BCUT2D eigenvalue weighted by Gasteiger charge is 2.45. The van der Waals surface area contributed by atoms with Crippen molar-refractivity contribution in [3.8, 4) is 5.75 Å². The molecule has 0 aromatic heterocycles. The maximum Gasteiger partial charge on any atom is 0.119 e. The zero-order chi connectivity index (χ0) is 13.3. The van der Waals surface area contributed by atoms with Crippen molar-refractivity contribution in [2.45, 2.75) is 18.4 Å². The SMILES string of the molecule is COc1ccc(NC2(CN)CCN3CCC2C3)cc1. The molecule has 0 amide bonds. The second kappa shape index (κ2) is 5.02. The number of rotatable bonds is 4. The Balaban J connectivity index is 1.78. The molecule has 0 saturated carbocycles. The number of piperidine rings is 1. The van der Waals surface area contributed by atoms with Crippen LogP contribution in [0.15, 0.2) is 24.3 Å². The van der Waals surface area contributed by atoms with Crippen LogP contribution in [0, 0.1) is 5.92 Å². The van der Waals surface area contributed by atoms with Gasteiger partial charge in [-0.3, -0.25) is 0 Å². The van der Waals surface area contributed by atoms with E-state index >= 15 is 0 Å². The van der Waals surface area contributed by atoms with Crippen LogP contribution >= 0.6 is 0 Å². The van der Waals surface area contributed by atoms with Crippen LogP contribution in [0.1, 0.15) is 12.8 Å². The summed E-state index contributed by atoms with van der Waals surface area (Å²) in [4.78, 5) is 2.55. The molecule has 2 heterocycles. The largest absolute Gasteiger partial charge is 0.497 e. The summed E-state index contributed by atoms with van der Waals surface area (Å²) in [6, 6.07) is 8.15. The molecule has 4 heteroatoms. The molecular weight excluding hydrogens is 238 g/mol. The monoisotopic (exact) mass is 261 g/mol. The Morgan fingerprint density at radius 3 is 2.84 bits per heavy atom. The van der Waals surface area contributed by atoms with Crippen LogP contribution in [-0.2, 0) is 0 Å². The fourth-order valence-electron chi connectivity index (χ4n) is 3.49. The van der Waals surface area contributed by atoms with Gasteiger partial charge >= 0.3 is 0 Å². The Morgan fingerprint density at radius 2 is 2.16 bits per heavy atom. The van der Waals surface area contributed by atoms with E-state index in [1.807, 2.05) is 12.1 Å². The van der Waals surface area contributed by atoms with Gasteiger partial charge in [-0.2, -0.15) is 0 Å².